The van der Waals surface area contributed by atoms with E-state index >= 15 is 0 Å². The van der Waals surface area contributed by atoms with Gasteiger partial charge in [0.05, 0.1) is 19.9 Å². The van der Waals surface area contributed by atoms with Crippen LogP contribution in [0.25, 0.3) is 6.08 Å². The molecule has 2 amide bonds. The molecule has 158 valence electrons. The van der Waals surface area contributed by atoms with Crippen molar-refractivity contribution in [3.8, 4) is 5.75 Å². The first-order valence-corrected chi connectivity index (χ1v) is 9.79. The molecule has 0 saturated heterocycles. The average Bonchev–Trinajstić information content (AvgIpc) is 3.30. The van der Waals surface area contributed by atoms with E-state index in [4.69, 9.17) is 21.4 Å². The summed E-state index contributed by atoms with van der Waals surface area (Å²) >= 11 is 5.18. The summed E-state index contributed by atoms with van der Waals surface area (Å²) in [7, 11) is 1.59. The van der Waals surface area contributed by atoms with Gasteiger partial charge in [0.15, 0.2) is 5.11 Å². The Labute approximate surface area is 185 Å². The predicted molar refractivity (Wildman–Crippen MR) is 123 cm³/mol. The summed E-state index contributed by atoms with van der Waals surface area (Å²) in [6.07, 6.45) is 4.60. The SMILES string of the molecule is COc1ccc(/C=C/C(=O)NC(=S)Nc2cccc(C(=O)NCc3ccco3)c2)cc1. The van der Waals surface area contributed by atoms with Crippen LogP contribution in [0, 0.1) is 0 Å². The molecule has 1 aromatic heterocycles. The molecule has 3 N–H and O–H groups in total. The molecule has 7 nitrogen and oxygen atoms in total. The molecule has 0 unspecified atom stereocenters. The fourth-order valence-corrected chi connectivity index (χ4v) is 2.84. The number of nitrogens with one attached hydrogen (secondary N) is 3. The number of furan rings is 1. The summed E-state index contributed by atoms with van der Waals surface area (Å²) in [5, 5.41) is 8.37. The normalized spacial score (nSPS) is 10.5. The average molecular weight is 436 g/mol. The van der Waals surface area contributed by atoms with E-state index in [0.717, 1.165) is 11.3 Å². The number of amides is 2. The number of thiocarbonyl (C=S) groups is 1. The van der Waals surface area contributed by atoms with Gasteiger partial charge in [0.1, 0.15) is 11.5 Å². The number of carbonyl (C=O) groups is 2. The van der Waals surface area contributed by atoms with Crippen molar-refractivity contribution < 1.29 is 18.7 Å². The van der Waals surface area contributed by atoms with Gasteiger partial charge in [-0.1, -0.05) is 18.2 Å². The minimum atomic E-state index is -0.374. The molecule has 3 aromatic rings. The van der Waals surface area contributed by atoms with Gasteiger partial charge in [0.2, 0.25) is 5.91 Å². The molecule has 0 aliphatic rings. The lowest BCUT2D eigenvalue weighted by atomic mass is 10.2. The standard InChI is InChI=1S/C23H21N3O4S/c1-29-19-10-7-16(8-11-19)9-12-21(27)26-23(31)25-18-5-2-4-17(14-18)22(28)24-15-20-6-3-13-30-20/h2-14H,15H2,1H3,(H,24,28)(H2,25,26,27,31)/b12-9+. The molecule has 2 aromatic carbocycles. The zero-order chi connectivity index (χ0) is 22.1. The maximum atomic E-state index is 12.3. The van der Waals surface area contributed by atoms with Crippen LogP contribution in [-0.2, 0) is 11.3 Å². The van der Waals surface area contributed by atoms with Crippen molar-refractivity contribution in [1.29, 1.82) is 0 Å². The first-order chi connectivity index (χ1) is 15.0. The first kappa shape index (κ1) is 21.8. The summed E-state index contributed by atoms with van der Waals surface area (Å²) in [4.78, 5) is 24.4. The molecule has 8 heteroatoms. The Morgan fingerprint density at radius 3 is 2.61 bits per heavy atom. The predicted octanol–water partition coefficient (Wildman–Crippen LogP) is 3.74. The fourth-order valence-electron chi connectivity index (χ4n) is 2.62. The Morgan fingerprint density at radius 2 is 1.90 bits per heavy atom. The minimum absolute atomic E-state index is 0.123. The summed E-state index contributed by atoms with van der Waals surface area (Å²) in [5.74, 6) is 0.774. The van der Waals surface area contributed by atoms with Gasteiger partial charge in [0, 0.05) is 17.3 Å². The van der Waals surface area contributed by atoms with Crippen LogP contribution in [0.15, 0.2) is 77.4 Å². The Hall–Kier alpha value is -3.91. The van der Waals surface area contributed by atoms with Crippen molar-refractivity contribution in [3.05, 3.63) is 89.9 Å². The number of hydrogen-bond donors (Lipinski definition) is 3. The van der Waals surface area contributed by atoms with Gasteiger partial charge in [-0.05, 0) is 66.3 Å². The van der Waals surface area contributed by atoms with Crippen LogP contribution in [0.4, 0.5) is 5.69 Å². The number of methoxy groups -OCH3 is 1. The van der Waals surface area contributed by atoms with Gasteiger partial charge in [-0.15, -0.1) is 0 Å². The van der Waals surface area contributed by atoms with Crippen molar-refractivity contribution >= 4 is 40.9 Å². The molecular formula is C23H21N3O4S. The van der Waals surface area contributed by atoms with Crippen LogP contribution >= 0.6 is 12.2 Å². The highest BCUT2D eigenvalue weighted by molar-refractivity contribution is 7.80. The van der Waals surface area contributed by atoms with Crippen LogP contribution in [-0.4, -0.2) is 24.0 Å². The highest BCUT2D eigenvalue weighted by atomic mass is 32.1. The van der Waals surface area contributed by atoms with Crippen LogP contribution in [0.1, 0.15) is 21.7 Å². The number of benzene rings is 2. The molecule has 0 aliphatic heterocycles. The van der Waals surface area contributed by atoms with E-state index in [1.807, 2.05) is 24.3 Å². The summed E-state index contributed by atoms with van der Waals surface area (Å²) in [6, 6.07) is 17.6. The first-order valence-electron chi connectivity index (χ1n) is 9.38. The molecule has 1 heterocycles. The van der Waals surface area contributed by atoms with Crippen LogP contribution in [0.2, 0.25) is 0 Å². The van der Waals surface area contributed by atoms with Crippen molar-refractivity contribution in [1.82, 2.24) is 10.6 Å². The topological polar surface area (TPSA) is 92.6 Å². The minimum Gasteiger partial charge on any atom is -0.497 e. The number of anilines is 1. The molecule has 3 rings (SSSR count). The summed E-state index contributed by atoms with van der Waals surface area (Å²) < 4.78 is 10.3. The van der Waals surface area contributed by atoms with Crippen LogP contribution in [0.5, 0.6) is 5.75 Å². The van der Waals surface area contributed by atoms with E-state index in [0.29, 0.717) is 23.6 Å². The third kappa shape index (κ3) is 6.83. The quantitative estimate of drug-likeness (QED) is 0.387. The van der Waals surface area contributed by atoms with E-state index in [9.17, 15) is 9.59 Å². The number of hydrogen-bond acceptors (Lipinski definition) is 5. The monoisotopic (exact) mass is 435 g/mol. The van der Waals surface area contributed by atoms with E-state index < -0.39 is 0 Å². The highest BCUT2D eigenvalue weighted by Crippen LogP contribution is 2.13. The smallest absolute Gasteiger partial charge is 0.251 e. The van der Waals surface area contributed by atoms with Gasteiger partial charge in [-0.25, -0.2) is 0 Å². The highest BCUT2D eigenvalue weighted by Gasteiger charge is 2.08. The van der Waals surface area contributed by atoms with Crippen molar-refractivity contribution in [2.24, 2.45) is 0 Å². The second-order valence-electron chi connectivity index (χ2n) is 6.39. The molecule has 0 fully saturated rings. The summed E-state index contributed by atoms with van der Waals surface area (Å²) in [5.41, 5.74) is 1.88. The Kier molecular flexibility index (Phi) is 7.56. The van der Waals surface area contributed by atoms with Gasteiger partial charge in [-0.2, -0.15) is 0 Å². The Bertz CT molecular complexity index is 1080. The maximum Gasteiger partial charge on any atom is 0.251 e. The molecule has 0 radical (unpaired) electrons. The lowest BCUT2D eigenvalue weighted by Crippen LogP contribution is -2.33. The van der Waals surface area contributed by atoms with Crippen molar-refractivity contribution in [2.45, 2.75) is 6.54 Å². The van der Waals surface area contributed by atoms with Gasteiger partial charge < -0.3 is 19.8 Å². The van der Waals surface area contributed by atoms with E-state index in [-0.39, 0.29) is 16.9 Å². The number of ether oxygens (including phenoxy) is 1. The molecule has 0 bridgehead atoms. The van der Waals surface area contributed by atoms with Crippen molar-refractivity contribution in [2.75, 3.05) is 12.4 Å². The Balaban J connectivity index is 1.51. The lowest BCUT2D eigenvalue weighted by Gasteiger charge is -2.10. The maximum absolute atomic E-state index is 12.3. The third-order valence-corrected chi connectivity index (χ3v) is 4.37. The van der Waals surface area contributed by atoms with Crippen LogP contribution in [0.3, 0.4) is 0 Å². The largest absolute Gasteiger partial charge is 0.497 e. The second-order valence-corrected chi connectivity index (χ2v) is 6.80. The molecule has 0 atom stereocenters. The zero-order valence-electron chi connectivity index (χ0n) is 16.8. The summed E-state index contributed by atoms with van der Waals surface area (Å²) in [6.45, 7) is 0.290. The number of rotatable bonds is 7. The number of carbonyl (C=O) groups excluding carboxylic acids is 2. The van der Waals surface area contributed by atoms with E-state index in [1.165, 1.54) is 6.08 Å². The van der Waals surface area contributed by atoms with Crippen molar-refractivity contribution in [3.63, 3.8) is 0 Å². The molecule has 31 heavy (non-hydrogen) atoms. The van der Waals surface area contributed by atoms with E-state index in [1.54, 1.807) is 55.8 Å². The lowest BCUT2D eigenvalue weighted by molar-refractivity contribution is -0.115. The molecular weight excluding hydrogens is 414 g/mol. The fraction of sp³-hybridized carbons (Fsp3) is 0.0870. The second kappa shape index (κ2) is 10.7. The van der Waals surface area contributed by atoms with Gasteiger partial charge in [-0.3, -0.25) is 14.9 Å². The Morgan fingerprint density at radius 1 is 1.10 bits per heavy atom. The zero-order valence-corrected chi connectivity index (χ0v) is 17.6. The molecule has 0 aliphatic carbocycles. The van der Waals surface area contributed by atoms with Gasteiger partial charge >= 0.3 is 0 Å². The van der Waals surface area contributed by atoms with Crippen LogP contribution < -0.4 is 20.7 Å². The van der Waals surface area contributed by atoms with E-state index in [2.05, 4.69) is 16.0 Å². The molecule has 0 saturated carbocycles. The molecule has 0 spiro atoms. The van der Waals surface area contributed by atoms with Gasteiger partial charge in [0.25, 0.3) is 5.91 Å². The third-order valence-electron chi connectivity index (χ3n) is 4.17.